The van der Waals surface area contributed by atoms with E-state index in [0.29, 0.717) is 5.56 Å². The predicted octanol–water partition coefficient (Wildman–Crippen LogP) is 1.62. The molecular formula is C13H18N2O2S. The van der Waals surface area contributed by atoms with Crippen LogP contribution >= 0.6 is 12.6 Å². The van der Waals surface area contributed by atoms with Crippen LogP contribution in [0.2, 0.25) is 0 Å². The van der Waals surface area contributed by atoms with Gasteiger partial charge in [-0.2, -0.15) is 0 Å². The lowest BCUT2D eigenvalue weighted by Gasteiger charge is -2.20. The summed E-state index contributed by atoms with van der Waals surface area (Å²) in [4.78, 5) is 24.0. The highest BCUT2D eigenvalue weighted by molar-refractivity contribution is 7.80. The van der Waals surface area contributed by atoms with E-state index in [0.717, 1.165) is 4.90 Å². The van der Waals surface area contributed by atoms with E-state index in [2.05, 4.69) is 23.3 Å². The number of carbonyl (C=O) groups is 2. The van der Waals surface area contributed by atoms with Crippen LogP contribution in [0.5, 0.6) is 0 Å². The summed E-state index contributed by atoms with van der Waals surface area (Å²) < 4.78 is 0. The van der Waals surface area contributed by atoms with Gasteiger partial charge in [0.15, 0.2) is 0 Å². The first-order valence-electron chi connectivity index (χ1n) is 5.66. The van der Waals surface area contributed by atoms with Gasteiger partial charge in [-0.1, -0.05) is 0 Å². The Morgan fingerprint density at radius 3 is 2.22 bits per heavy atom. The van der Waals surface area contributed by atoms with E-state index < -0.39 is 0 Å². The maximum Gasteiger partial charge on any atom is 0.251 e. The van der Waals surface area contributed by atoms with Gasteiger partial charge in [0.05, 0.1) is 6.54 Å². The molecule has 0 aromatic heterocycles. The van der Waals surface area contributed by atoms with Gasteiger partial charge in [-0.25, -0.2) is 0 Å². The molecule has 0 atom stereocenters. The molecule has 0 aliphatic rings. The smallest absolute Gasteiger partial charge is 0.251 e. The van der Waals surface area contributed by atoms with Crippen molar-refractivity contribution >= 4 is 24.4 Å². The van der Waals surface area contributed by atoms with Crippen molar-refractivity contribution in [2.24, 2.45) is 0 Å². The Labute approximate surface area is 113 Å². The van der Waals surface area contributed by atoms with Crippen molar-refractivity contribution in [3.8, 4) is 0 Å². The number of amides is 2. The molecule has 0 bridgehead atoms. The van der Waals surface area contributed by atoms with Gasteiger partial charge in [0.2, 0.25) is 5.91 Å². The maximum atomic E-state index is 11.7. The summed E-state index contributed by atoms with van der Waals surface area (Å²) in [5.74, 6) is -0.478. The number of thiol groups is 1. The molecule has 0 radical (unpaired) electrons. The van der Waals surface area contributed by atoms with Gasteiger partial charge in [-0.3, -0.25) is 9.59 Å². The lowest BCUT2D eigenvalue weighted by Crippen LogP contribution is -2.45. The average Bonchev–Trinajstić information content (AvgIpc) is 2.24. The van der Waals surface area contributed by atoms with Gasteiger partial charge in [0.1, 0.15) is 0 Å². The zero-order chi connectivity index (χ0) is 13.8. The molecule has 2 amide bonds. The molecule has 0 saturated heterocycles. The van der Waals surface area contributed by atoms with E-state index in [1.54, 1.807) is 24.3 Å². The molecule has 0 spiro atoms. The predicted molar refractivity (Wildman–Crippen MR) is 73.9 cm³/mol. The average molecular weight is 266 g/mol. The first-order valence-corrected chi connectivity index (χ1v) is 6.11. The Kier molecular flexibility index (Phi) is 4.78. The molecule has 18 heavy (non-hydrogen) atoms. The zero-order valence-corrected chi connectivity index (χ0v) is 11.7. The van der Waals surface area contributed by atoms with E-state index >= 15 is 0 Å². The Morgan fingerprint density at radius 1 is 1.17 bits per heavy atom. The molecule has 0 fully saturated rings. The summed E-state index contributed by atoms with van der Waals surface area (Å²) >= 11 is 4.14. The highest BCUT2D eigenvalue weighted by Crippen LogP contribution is 2.07. The summed E-state index contributed by atoms with van der Waals surface area (Å²) in [5.41, 5.74) is 0.214. The van der Waals surface area contributed by atoms with Crippen LogP contribution in [0.15, 0.2) is 29.2 Å². The Morgan fingerprint density at radius 2 is 1.72 bits per heavy atom. The van der Waals surface area contributed by atoms with Crippen molar-refractivity contribution in [3.63, 3.8) is 0 Å². The fraction of sp³-hybridized carbons (Fsp3) is 0.385. The third kappa shape index (κ3) is 5.23. The zero-order valence-electron chi connectivity index (χ0n) is 10.8. The van der Waals surface area contributed by atoms with Crippen molar-refractivity contribution in [2.45, 2.75) is 31.2 Å². The number of rotatable bonds is 3. The normalized spacial score (nSPS) is 10.9. The lowest BCUT2D eigenvalue weighted by molar-refractivity contribution is -0.121. The van der Waals surface area contributed by atoms with Gasteiger partial charge >= 0.3 is 0 Å². The fourth-order valence-electron chi connectivity index (χ4n) is 1.34. The molecule has 0 unspecified atom stereocenters. The van der Waals surface area contributed by atoms with Crippen molar-refractivity contribution in [3.05, 3.63) is 29.8 Å². The second-order valence-electron chi connectivity index (χ2n) is 5.03. The highest BCUT2D eigenvalue weighted by Gasteiger charge is 2.14. The number of carbonyl (C=O) groups excluding carboxylic acids is 2. The van der Waals surface area contributed by atoms with Crippen molar-refractivity contribution in [1.82, 2.24) is 10.6 Å². The van der Waals surface area contributed by atoms with Crippen LogP contribution in [-0.2, 0) is 4.79 Å². The van der Waals surface area contributed by atoms with Crippen molar-refractivity contribution in [2.75, 3.05) is 6.54 Å². The summed E-state index contributed by atoms with van der Waals surface area (Å²) in [6, 6.07) is 6.79. The van der Waals surface area contributed by atoms with Crippen LogP contribution in [0, 0.1) is 0 Å². The summed E-state index contributed by atoms with van der Waals surface area (Å²) in [7, 11) is 0. The molecule has 4 nitrogen and oxygen atoms in total. The van der Waals surface area contributed by atoms with E-state index in [4.69, 9.17) is 0 Å². The quantitative estimate of drug-likeness (QED) is 0.728. The molecule has 1 rings (SSSR count). The number of hydrogen-bond acceptors (Lipinski definition) is 3. The van der Waals surface area contributed by atoms with Gasteiger partial charge in [-0.15, -0.1) is 12.6 Å². The summed E-state index contributed by atoms with van der Waals surface area (Å²) in [6.45, 7) is 5.63. The first-order chi connectivity index (χ1) is 8.28. The maximum absolute atomic E-state index is 11.7. The second kappa shape index (κ2) is 5.91. The van der Waals surface area contributed by atoms with Crippen LogP contribution in [0.3, 0.4) is 0 Å². The van der Waals surface area contributed by atoms with Crippen molar-refractivity contribution < 1.29 is 9.59 Å². The number of hydrogen-bond donors (Lipinski definition) is 3. The third-order valence-electron chi connectivity index (χ3n) is 2.05. The molecule has 0 saturated carbocycles. The molecule has 0 aliphatic heterocycles. The summed E-state index contributed by atoms with van der Waals surface area (Å²) in [5, 5.41) is 5.33. The van der Waals surface area contributed by atoms with Crippen LogP contribution in [-0.4, -0.2) is 23.9 Å². The van der Waals surface area contributed by atoms with Gasteiger partial charge in [-0.05, 0) is 45.0 Å². The topological polar surface area (TPSA) is 58.2 Å². The monoisotopic (exact) mass is 266 g/mol. The Balaban J connectivity index is 2.47. The first kappa shape index (κ1) is 14.6. The second-order valence-corrected chi connectivity index (χ2v) is 5.54. The molecule has 0 aliphatic carbocycles. The highest BCUT2D eigenvalue weighted by atomic mass is 32.1. The van der Waals surface area contributed by atoms with Crippen LogP contribution in [0.4, 0.5) is 0 Å². The van der Waals surface area contributed by atoms with E-state index in [1.807, 2.05) is 20.8 Å². The van der Waals surface area contributed by atoms with Crippen LogP contribution in [0.25, 0.3) is 0 Å². The fourth-order valence-corrected chi connectivity index (χ4v) is 1.49. The molecule has 2 N–H and O–H groups in total. The van der Waals surface area contributed by atoms with Crippen molar-refractivity contribution in [1.29, 1.82) is 0 Å². The largest absolute Gasteiger partial charge is 0.350 e. The number of nitrogens with one attached hydrogen (secondary N) is 2. The van der Waals surface area contributed by atoms with Gasteiger partial charge in [0.25, 0.3) is 5.91 Å². The van der Waals surface area contributed by atoms with E-state index in [1.165, 1.54) is 0 Å². The van der Waals surface area contributed by atoms with Crippen LogP contribution < -0.4 is 10.6 Å². The molecule has 98 valence electrons. The molecule has 0 heterocycles. The molecular weight excluding hydrogens is 248 g/mol. The van der Waals surface area contributed by atoms with Crippen LogP contribution in [0.1, 0.15) is 31.1 Å². The number of benzene rings is 1. The van der Waals surface area contributed by atoms with E-state index in [9.17, 15) is 9.59 Å². The Bertz CT molecular complexity index is 435. The summed E-state index contributed by atoms with van der Waals surface area (Å²) in [6.07, 6.45) is 0. The minimum atomic E-state index is -0.296. The molecule has 5 heteroatoms. The lowest BCUT2D eigenvalue weighted by atomic mass is 10.1. The minimum Gasteiger partial charge on any atom is -0.350 e. The third-order valence-corrected chi connectivity index (χ3v) is 2.35. The molecule has 1 aromatic carbocycles. The SMILES string of the molecule is CC(C)(C)NC(=O)CNC(=O)c1ccc(S)cc1. The Hall–Kier alpha value is -1.49. The standard InChI is InChI=1S/C13H18N2O2S/c1-13(2,3)15-11(16)8-14-12(17)9-4-6-10(18)7-5-9/h4-7,18H,8H2,1-3H3,(H,14,17)(H,15,16). The van der Waals surface area contributed by atoms with Gasteiger partial charge < -0.3 is 10.6 Å². The van der Waals surface area contributed by atoms with Gasteiger partial charge in [0, 0.05) is 16.0 Å². The molecule has 1 aromatic rings. The van der Waals surface area contributed by atoms with E-state index in [-0.39, 0.29) is 23.9 Å². The minimum absolute atomic E-state index is 0.0290.